The molecule has 1 aromatic rings. The Balaban J connectivity index is 0.00000576. The summed E-state index contributed by atoms with van der Waals surface area (Å²) >= 11 is 0. The van der Waals surface area contributed by atoms with E-state index in [0.717, 1.165) is 12.8 Å². The van der Waals surface area contributed by atoms with E-state index in [0.29, 0.717) is 12.0 Å². The summed E-state index contributed by atoms with van der Waals surface area (Å²) in [5.74, 6) is 0. The third kappa shape index (κ3) is 12.2. The Labute approximate surface area is 177 Å². The van der Waals surface area contributed by atoms with Gasteiger partial charge < -0.3 is 4.55 Å². The first-order chi connectivity index (χ1) is 11.6. The Bertz CT molecular complexity index is 544. The molecular weight excluding hydrogens is 343 g/mol. The molecule has 138 valence electrons. The van der Waals surface area contributed by atoms with Crippen LogP contribution in [-0.4, -0.2) is 13.0 Å². The van der Waals surface area contributed by atoms with Crippen molar-refractivity contribution in [2.45, 2.75) is 95.3 Å². The van der Waals surface area contributed by atoms with Crippen LogP contribution >= 0.6 is 0 Å². The van der Waals surface area contributed by atoms with Gasteiger partial charge in [0, 0.05) is 0 Å². The van der Waals surface area contributed by atoms with E-state index in [-0.39, 0.29) is 34.5 Å². The van der Waals surface area contributed by atoms with E-state index in [1.807, 2.05) is 0 Å². The fourth-order valence-electron chi connectivity index (χ4n) is 3.11. The summed E-state index contributed by atoms with van der Waals surface area (Å²) in [7, 11) is -4.35. The molecular formula is C20H33NaO3S. The SMILES string of the molecule is CCCCCCCCCCCCCCc1ccccc1S(=O)(=O)[O-].[Na+]. The molecule has 5 heteroatoms. The van der Waals surface area contributed by atoms with Crippen molar-refractivity contribution in [3.8, 4) is 0 Å². The van der Waals surface area contributed by atoms with Crippen molar-refractivity contribution in [1.82, 2.24) is 0 Å². The maximum Gasteiger partial charge on any atom is 1.00 e. The molecule has 0 saturated heterocycles. The minimum absolute atomic E-state index is 0. The van der Waals surface area contributed by atoms with Gasteiger partial charge in [0.2, 0.25) is 0 Å². The van der Waals surface area contributed by atoms with Gasteiger partial charge in [-0.3, -0.25) is 0 Å². The Morgan fingerprint density at radius 2 is 1.20 bits per heavy atom. The third-order valence-corrected chi connectivity index (χ3v) is 5.48. The molecule has 0 bridgehead atoms. The molecule has 0 aliphatic rings. The van der Waals surface area contributed by atoms with E-state index in [1.165, 1.54) is 70.3 Å². The summed E-state index contributed by atoms with van der Waals surface area (Å²) in [5, 5.41) is 0. The standard InChI is InChI=1S/C20H34O3S.Na/c1-2-3-4-5-6-7-8-9-10-11-12-13-16-19-17-14-15-18-20(19)24(21,22)23;/h14-15,17-18H,2-13,16H2,1H3,(H,21,22,23);/q;+1/p-1. The van der Waals surface area contributed by atoms with E-state index >= 15 is 0 Å². The second-order valence-corrected chi connectivity index (χ2v) is 8.05. The average Bonchev–Trinajstić information content (AvgIpc) is 2.55. The molecule has 1 rings (SSSR count). The smallest absolute Gasteiger partial charge is 0.744 e. The van der Waals surface area contributed by atoms with Gasteiger partial charge in [-0.05, 0) is 24.5 Å². The molecule has 0 N–H and O–H groups in total. The van der Waals surface area contributed by atoms with Crippen molar-refractivity contribution in [2.75, 3.05) is 0 Å². The quantitative estimate of drug-likeness (QED) is 0.285. The fourth-order valence-corrected chi connectivity index (χ4v) is 3.85. The molecule has 0 aromatic heterocycles. The van der Waals surface area contributed by atoms with E-state index in [9.17, 15) is 13.0 Å². The monoisotopic (exact) mass is 376 g/mol. The maximum absolute atomic E-state index is 11.2. The van der Waals surface area contributed by atoms with Gasteiger partial charge in [-0.1, -0.05) is 95.8 Å². The molecule has 0 heterocycles. The predicted octanol–water partition coefficient (Wildman–Crippen LogP) is 2.84. The van der Waals surface area contributed by atoms with Gasteiger partial charge in [-0.15, -0.1) is 0 Å². The van der Waals surface area contributed by atoms with Crippen LogP contribution in [0.5, 0.6) is 0 Å². The molecule has 0 spiro atoms. The fraction of sp³-hybridized carbons (Fsp3) is 0.700. The summed E-state index contributed by atoms with van der Waals surface area (Å²) in [6.07, 6.45) is 16.0. The van der Waals surface area contributed by atoms with Gasteiger partial charge in [0.05, 0.1) is 4.90 Å². The van der Waals surface area contributed by atoms with Gasteiger partial charge in [-0.2, -0.15) is 0 Å². The van der Waals surface area contributed by atoms with Crippen LogP contribution in [0.15, 0.2) is 29.2 Å². The summed E-state index contributed by atoms with van der Waals surface area (Å²) in [6.45, 7) is 2.25. The van der Waals surface area contributed by atoms with Gasteiger partial charge in [0.25, 0.3) is 0 Å². The molecule has 3 nitrogen and oxygen atoms in total. The molecule has 0 aliphatic heterocycles. The zero-order valence-corrected chi connectivity index (χ0v) is 19.0. The molecule has 0 aliphatic carbocycles. The van der Waals surface area contributed by atoms with Gasteiger partial charge in [0.15, 0.2) is 0 Å². The largest absolute Gasteiger partial charge is 1.00 e. The molecule has 25 heavy (non-hydrogen) atoms. The molecule has 0 fully saturated rings. The summed E-state index contributed by atoms with van der Waals surface area (Å²) in [5.41, 5.74) is 0.666. The molecule has 0 amide bonds. The average molecular weight is 377 g/mol. The van der Waals surface area contributed by atoms with Crippen LogP contribution in [0, 0.1) is 0 Å². The van der Waals surface area contributed by atoms with Crippen molar-refractivity contribution < 1.29 is 42.5 Å². The van der Waals surface area contributed by atoms with Crippen molar-refractivity contribution in [3.05, 3.63) is 29.8 Å². The number of rotatable bonds is 14. The first kappa shape index (κ1) is 25.1. The number of hydrogen-bond acceptors (Lipinski definition) is 3. The van der Waals surface area contributed by atoms with Crippen LogP contribution in [0.4, 0.5) is 0 Å². The Morgan fingerprint density at radius 1 is 0.760 bits per heavy atom. The Morgan fingerprint density at radius 3 is 1.68 bits per heavy atom. The topological polar surface area (TPSA) is 57.2 Å². The third-order valence-electron chi connectivity index (χ3n) is 4.54. The first-order valence-corrected chi connectivity index (χ1v) is 11.0. The first-order valence-electron chi connectivity index (χ1n) is 9.59. The second-order valence-electron chi connectivity index (χ2n) is 6.70. The number of benzene rings is 1. The van der Waals surface area contributed by atoms with Crippen molar-refractivity contribution in [3.63, 3.8) is 0 Å². The van der Waals surface area contributed by atoms with Gasteiger partial charge in [-0.25, -0.2) is 8.42 Å². The number of hydrogen-bond donors (Lipinski definition) is 0. The predicted molar refractivity (Wildman–Crippen MR) is 99.2 cm³/mol. The normalized spacial score (nSPS) is 11.3. The van der Waals surface area contributed by atoms with Crippen LogP contribution in [0.1, 0.15) is 89.5 Å². The number of unbranched alkanes of at least 4 members (excludes halogenated alkanes) is 11. The van der Waals surface area contributed by atoms with Gasteiger partial charge >= 0.3 is 29.6 Å². The maximum atomic E-state index is 11.2. The number of aryl methyl sites for hydroxylation is 1. The van der Waals surface area contributed by atoms with E-state index in [4.69, 9.17) is 0 Å². The Kier molecular flexibility index (Phi) is 15.3. The van der Waals surface area contributed by atoms with Crippen molar-refractivity contribution >= 4 is 10.1 Å². The molecule has 0 unspecified atom stereocenters. The van der Waals surface area contributed by atoms with Gasteiger partial charge in [0.1, 0.15) is 10.1 Å². The molecule has 0 atom stereocenters. The van der Waals surface area contributed by atoms with Crippen LogP contribution in [0.25, 0.3) is 0 Å². The molecule has 1 aromatic carbocycles. The summed E-state index contributed by atoms with van der Waals surface area (Å²) in [6, 6.07) is 6.57. The summed E-state index contributed by atoms with van der Waals surface area (Å²) < 4.78 is 33.6. The minimum Gasteiger partial charge on any atom is -0.744 e. The van der Waals surface area contributed by atoms with E-state index in [2.05, 4.69) is 6.92 Å². The van der Waals surface area contributed by atoms with Crippen molar-refractivity contribution in [2.24, 2.45) is 0 Å². The molecule has 0 radical (unpaired) electrons. The van der Waals surface area contributed by atoms with Crippen LogP contribution < -0.4 is 29.6 Å². The zero-order chi connectivity index (χ0) is 17.7. The second kappa shape index (κ2) is 15.2. The minimum atomic E-state index is -4.35. The molecule has 0 saturated carbocycles. The van der Waals surface area contributed by atoms with E-state index in [1.54, 1.807) is 18.2 Å². The van der Waals surface area contributed by atoms with Crippen LogP contribution in [0.2, 0.25) is 0 Å². The zero-order valence-electron chi connectivity index (χ0n) is 16.1. The van der Waals surface area contributed by atoms with Crippen LogP contribution in [0.3, 0.4) is 0 Å². The van der Waals surface area contributed by atoms with Crippen LogP contribution in [-0.2, 0) is 16.5 Å². The van der Waals surface area contributed by atoms with E-state index < -0.39 is 10.1 Å². The summed E-state index contributed by atoms with van der Waals surface area (Å²) in [4.78, 5) is -0.0481. The Hall–Kier alpha value is 0.130. The van der Waals surface area contributed by atoms with Crippen molar-refractivity contribution in [1.29, 1.82) is 0 Å².